The zero-order valence-electron chi connectivity index (χ0n) is 49.8. The van der Waals surface area contributed by atoms with Crippen LogP contribution in [0.2, 0.25) is 0 Å². The van der Waals surface area contributed by atoms with Crippen LogP contribution in [0.3, 0.4) is 0 Å². The molecule has 13 aromatic carbocycles. The molecule has 0 saturated carbocycles. The van der Waals surface area contributed by atoms with Crippen molar-refractivity contribution in [2.45, 2.75) is 6.92 Å². The lowest BCUT2D eigenvalue weighted by atomic mass is 9.35. The highest BCUT2D eigenvalue weighted by Gasteiger charge is 2.54. The molecule has 91 heavy (non-hydrogen) atoms. The van der Waals surface area contributed by atoms with E-state index < -0.39 is 0 Å². The maximum atomic E-state index is 2.67. The fourth-order valence-electron chi connectivity index (χ4n) is 15.4. The topological polar surface area (TPSA) is 16.2 Å². The van der Waals surface area contributed by atoms with Crippen LogP contribution >= 0.6 is 11.3 Å². The van der Waals surface area contributed by atoms with Crippen LogP contribution in [0.4, 0.5) is 85.3 Å². The smallest absolute Gasteiger partial charge is 0.264 e. The number of thiophene rings is 1. The molecule has 5 nitrogen and oxygen atoms in total. The number of para-hydroxylation sites is 4. The number of hydrogen-bond acceptors (Lipinski definition) is 6. The highest BCUT2D eigenvalue weighted by Crippen LogP contribution is 2.60. The summed E-state index contributed by atoms with van der Waals surface area (Å²) in [5.74, 6) is 0. The van der Waals surface area contributed by atoms with Gasteiger partial charge in [-0.15, -0.1) is 0 Å². The summed E-state index contributed by atoms with van der Waals surface area (Å²) in [6, 6.07) is 117. The normalized spacial score (nSPS) is 13.2. The Bertz CT molecular complexity index is 5160. The first-order valence-electron chi connectivity index (χ1n) is 31.5. The number of benzene rings is 13. The van der Waals surface area contributed by atoms with Gasteiger partial charge >= 0.3 is 0 Å². The van der Waals surface area contributed by atoms with E-state index in [1.165, 1.54) is 121 Å². The largest absolute Gasteiger partial charge is 0.311 e. The fraction of sp³-hybridized carbons (Fsp3) is 0.0120. The molecule has 0 N–H and O–H groups in total. The number of fused-ring (bicyclic) bond motifs is 11. The molecule has 0 spiro atoms. The van der Waals surface area contributed by atoms with E-state index in [2.05, 4.69) is 347 Å². The molecule has 0 fully saturated rings. The number of nitrogens with zero attached hydrogens (tertiary/aromatic N) is 5. The Morgan fingerprint density at radius 3 is 0.989 bits per heavy atom. The third-order valence-electron chi connectivity index (χ3n) is 19.3. The molecule has 1 aromatic heterocycles. The van der Waals surface area contributed by atoms with E-state index in [0.29, 0.717) is 0 Å². The van der Waals surface area contributed by atoms with Crippen LogP contribution in [0.25, 0.3) is 44.5 Å². The van der Waals surface area contributed by atoms with Crippen LogP contribution in [-0.4, -0.2) is 13.4 Å². The molecule has 19 rings (SSSR count). The van der Waals surface area contributed by atoms with E-state index in [1.807, 2.05) is 11.3 Å². The summed E-state index contributed by atoms with van der Waals surface area (Å²) in [5.41, 5.74) is 33.4. The Hall–Kier alpha value is -11.3. The number of hydrogen-bond donors (Lipinski definition) is 0. The molecule has 8 heteroatoms. The molecule has 14 aromatic rings. The van der Waals surface area contributed by atoms with Crippen molar-refractivity contribution in [3.8, 4) is 44.5 Å². The number of aryl methyl sites for hydroxylation is 1. The Balaban J connectivity index is 0.899. The Kier molecular flexibility index (Phi) is 11.6. The summed E-state index contributed by atoms with van der Waals surface area (Å²) in [4.78, 5) is 12.9. The molecule has 6 heterocycles. The number of rotatable bonds is 9. The highest BCUT2D eigenvalue weighted by molar-refractivity contribution is 7.39. The predicted molar refractivity (Wildman–Crippen MR) is 387 cm³/mol. The highest BCUT2D eigenvalue weighted by atomic mass is 32.1. The lowest BCUT2D eigenvalue weighted by Crippen LogP contribution is -2.61. The molecule has 0 amide bonds. The van der Waals surface area contributed by atoms with Gasteiger partial charge in [0.15, 0.2) is 0 Å². The van der Waals surface area contributed by atoms with Crippen LogP contribution in [0.15, 0.2) is 315 Å². The minimum Gasteiger partial charge on any atom is -0.311 e. The molecule has 0 aliphatic carbocycles. The van der Waals surface area contributed by atoms with Crippen molar-refractivity contribution in [1.29, 1.82) is 0 Å². The molecule has 0 radical (unpaired) electrons. The molecule has 0 saturated heterocycles. The van der Waals surface area contributed by atoms with Crippen LogP contribution in [-0.2, 0) is 0 Å². The van der Waals surface area contributed by atoms with Crippen molar-refractivity contribution in [3.05, 3.63) is 321 Å². The van der Waals surface area contributed by atoms with Crippen molar-refractivity contribution in [2.24, 2.45) is 0 Å². The van der Waals surface area contributed by atoms with Gasteiger partial charge < -0.3 is 24.5 Å². The zero-order valence-corrected chi connectivity index (χ0v) is 50.6. The van der Waals surface area contributed by atoms with Gasteiger partial charge in [0.05, 0.1) is 28.4 Å². The monoisotopic (exact) mass is 1180 g/mol. The predicted octanol–water partition coefficient (Wildman–Crippen LogP) is 18.7. The number of anilines is 15. The van der Waals surface area contributed by atoms with E-state index in [0.717, 1.165) is 45.5 Å². The average Bonchev–Trinajstić information content (AvgIpc) is 1.60. The van der Waals surface area contributed by atoms with Crippen molar-refractivity contribution in [3.63, 3.8) is 0 Å². The third kappa shape index (κ3) is 7.92. The van der Waals surface area contributed by atoms with Gasteiger partial charge in [-0.2, -0.15) is 11.3 Å². The molecule has 0 atom stereocenters. The summed E-state index contributed by atoms with van der Waals surface area (Å²) in [6.07, 6.45) is 0. The van der Waals surface area contributed by atoms with Gasteiger partial charge in [0.25, 0.3) is 13.4 Å². The van der Waals surface area contributed by atoms with Crippen LogP contribution < -0.4 is 55.9 Å². The second-order valence-corrected chi connectivity index (χ2v) is 25.5. The van der Waals surface area contributed by atoms with E-state index in [9.17, 15) is 0 Å². The summed E-state index contributed by atoms with van der Waals surface area (Å²) in [7, 11) is 0. The second kappa shape index (κ2) is 20.4. The van der Waals surface area contributed by atoms with Crippen molar-refractivity contribution >= 4 is 141 Å². The lowest BCUT2D eigenvalue weighted by molar-refractivity contribution is 1.17. The second-order valence-electron chi connectivity index (χ2n) is 24.5. The van der Waals surface area contributed by atoms with Crippen LogP contribution in [0.1, 0.15) is 5.56 Å². The molecular weight excluding hydrogens is 1120 g/mol. The van der Waals surface area contributed by atoms with Gasteiger partial charge in [-0.3, -0.25) is 0 Å². The third-order valence-corrected chi connectivity index (χ3v) is 20.6. The first kappa shape index (κ1) is 51.7. The van der Waals surface area contributed by atoms with Gasteiger partial charge in [0.2, 0.25) is 0 Å². The van der Waals surface area contributed by atoms with Crippen LogP contribution in [0.5, 0.6) is 0 Å². The first-order chi connectivity index (χ1) is 45.1. The summed E-state index contributed by atoms with van der Waals surface area (Å²) in [6.45, 7) is 2.09. The van der Waals surface area contributed by atoms with Gasteiger partial charge in [-0.1, -0.05) is 218 Å². The van der Waals surface area contributed by atoms with E-state index >= 15 is 0 Å². The van der Waals surface area contributed by atoms with Crippen molar-refractivity contribution in [1.82, 2.24) is 0 Å². The molecule has 5 aliphatic heterocycles. The Morgan fingerprint density at radius 2 is 0.582 bits per heavy atom. The first-order valence-corrected chi connectivity index (χ1v) is 32.3. The van der Waals surface area contributed by atoms with Crippen LogP contribution in [0, 0.1) is 6.92 Å². The molecular formula is C83H55B2N5S. The maximum Gasteiger partial charge on any atom is 0.264 e. The average molecular weight is 1180 g/mol. The fourth-order valence-corrected chi connectivity index (χ4v) is 16.9. The summed E-state index contributed by atoms with van der Waals surface area (Å²) >= 11 is 2.03. The van der Waals surface area contributed by atoms with Gasteiger partial charge in [-0.05, 0) is 176 Å². The minimum atomic E-state index is -0.123. The van der Waals surface area contributed by atoms with Crippen molar-refractivity contribution < 1.29 is 0 Å². The standard InChI is InChI=1S/C83H55B2N5S/c1-54-48-74-78-75(49-54)89-70-34-20-21-35-71(70)90-77-53-67(86(63-30-16-6-17-31-63)64-32-18-7-19-33-64)52-76-79(77)85(69-47-41-62(58-28-14-5-15-29-58)51-73(69)88(76)66-44-38-60(39-45-66)56-24-10-3-11-25-56)83-81(90)80(89)82(91-83)84(78)68-46-40-61(57-26-12-4-13-27-57)50-72(68)87(74)65-42-36-59(37-43-65)55-22-8-2-9-23-55/h2-53H,1H3. The lowest BCUT2D eigenvalue weighted by Gasteiger charge is -2.49. The van der Waals surface area contributed by atoms with Gasteiger partial charge in [-0.25, -0.2) is 0 Å². The zero-order chi connectivity index (χ0) is 59.8. The van der Waals surface area contributed by atoms with Gasteiger partial charge in [0, 0.05) is 66.4 Å². The van der Waals surface area contributed by atoms with E-state index in [4.69, 9.17) is 0 Å². The minimum absolute atomic E-state index is 0.0767. The Morgan fingerprint density at radius 1 is 0.264 bits per heavy atom. The summed E-state index contributed by atoms with van der Waals surface area (Å²) in [5, 5.41) is 0. The Labute approximate surface area is 535 Å². The van der Waals surface area contributed by atoms with E-state index in [-0.39, 0.29) is 13.4 Å². The molecule has 424 valence electrons. The SMILES string of the molecule is Cc1cc2c3c(c1)N1c4ccccc4N4c5cc(N(c6ccccc6)c6ccccc6)cc6c5B(c5ccc(-c7ccccc7)cc5N6c5ccc(-c6ccccc6)cc5)c5sc(c1c54)B3c1ccc(-c3ccccc3)cc1N2c1ccc(-c2ccccc2)cc1. The molecule has 0 bridgehead atoms. The molecule has 0 unspecified atom stereocenters. The van der Waals surface area contributed by atoms with E-state index in [1.54, 1.807) is 0 Å². The molecule has 5 aliphatic rings. The van der Waals surface area contributed by atoms with Crippen molar-refractivity contribution in [2.75, 3.05) is 24.5 Å². The maximum absolute atomic E-state index is 2.67. The quantitative estimate of drug-likeness (QED) is 0.134. The van der Waals surface area contributed by atoms with Gasteiger partial charge in [0.1, 0.15) is 0 Å². The summed E-state index contributed by atoms with van der Waals surface area (Å²) < 4.78 is 2.72.